The van der Waals surface area contributed by atoms with E-state index in [2.05, 4.69) is 10.3 Å². The van der Waals surface area contributed by atoms with E-state index in [9.17, 15) is 10.2 Å². The predicted molar refractivity (Wildman–Crippen MR) is 61.3 cm³/mol. The summed E-state index contributed by atoms with van der Waals surface area (Å²) in [6.45, 7) is 0.414. The summed E-state index contributed by atoms with van der Waals surface area (Å²) < 4.78 is 0. The summed E-state index contributed by atoms with van der Waals surface area (Å²) >= 11 is 0. The van der Waals surface area contributed by atoms with E-state index in [-0.39, 0.29) is 11.5 Å². The van der Waals surface area contributed by atoms with Crippen molar-refractivity contribution in [1.82, 2.24) is 4.98 Å². The zero-order chi connectivity index (χ0) is 11.4. The molecular formula is C12H12N2O2. The van der Waals surface area contributed by atoms with Crippen molar-refractivity contribution in [3.8, 4) is 11.5 Å². The van der Waals surface area contributed by atoms with Crippen molar-refractivity contribution in [2.75, 3.05) is 5.32 Å². The summed E-state index contributed by atoms with van der Waals surface area (Å²) in [6, 6.07) is 10.2. The number of para-hydroxylation sites is 1. The molecule has 0 saturated heterocycles. The van der Waals surface area contributed by atoms with Crippen LogP contribution in [0.2, 0.25) is 0 Å². The van der Waals surface area contributed by atoms with Crippen molar-refractivity contribution in [2.45, 2.75) is 6.54 Å². The second-order valence-corrected chi connectivity index (χ2v) is 3.35. The van der Waals surface area contributed by atoms with E-state index in [1.165, 1.54) is 0 Å². The molecule has 2 aromatic rings. The van der Waals surface area contributed by atoms with Crippen LogP contribution in [0.3, 0.4) is 0 Å². The molecule has 0 atom stereocenters. The molecule has 0 saturated carbocycles. The van der Waals surface area contributed by atoms with Crippen molar-refractivity contribution >= 4 is 5.82 Å². The Bertz CT molecular complexity index is 440. The molecular weight excluding hydrogens is 204 g/mol. The highest BCUT2D eigenvalue weighted by atomic mass is 16.3. The van der Waals surface area contributed by atoms with Gasteiger partial charge in [-0.3, -0.25) is 0 Å². The van der Waals surface area contributed by atoms with Gasteiger partial charge in [0.15, 0.2) is 11.6 Å². The number of rotatable bonds is 3. The van der Waals surface area contributed by atoms with Gasteiger partial charge in [-0.2, -0.15) is 0 Å². The van der Waals surface area contributed by atoms with E-state index in [0.29, 0.717) is 12.4 Å². The minimum Gasteiger partial charge on any atom is -0.508 e. The number of aromatic hydroxyl groups is 2. The van der Waals surface area contributed by atoms with Gasteiger partial charge in [-0.25, -0.2) is 4.98 Å². The van der Waals surface area contributed by atoms with E-state index < -0.39 is 0 Å². The average molecular weight is 216 g/mol. The van der Waals surface area contributed by atoms with Gasteiger partial charge in [0, 0.05) is 18.3 Å². The normalized spacial score (nSPS) is 10.0. The lowest BCUT2D eigenvalue weighted by atomic mass is 10.2. The number of phenols is 1. The monoisotopic (exact) mass is 216 g/mol. The van der Waals surface area contributed by atoms with Crippen molar-refractivity contribution < 1.29 is 10.2 Å². The molecule has 0 aliphatic rings. The van der Waals surface area contributed by atoms with E-state index in [4.69, 9.17) is 0 Å². The van der Waals surface area contributed by atoms with Crippen LogP contribution in [0.1, 0.15) is 5.56 Å². The first-order chi connectivity index (χ1) is 7.77. The smallest absolute Gasteiger partial charge is 0.168 e. The molecule has 0 fully saturated rings. The van der Waals surface area contributed by atoms with Crippen molar-refractivity contribution in [3.63, 3.8) is 0 Å². The number of nitrogens with one attached hydrogen (secondary N) is 1. The molecule has 4 nitrogen and oxygen atoms in total. The highest BCUT2D eigenvalue weighted by Crippen LogP contribution is 2.21. The maximum Gasteiger partial charge on any atom is 0.168 e. The molecule has 2 rings (SSSR count). The Morgan fingerprint density at radius 1 is 1.00 bits per heavy atom. The minimum atomic E-state index is 0.0953. The van der Waals surface area contributed by atoms with Crippen LogP contribution in [0.15, 0.2) is 42.6 Å². The second kappa shape index (κ2) is 4.53. The van der Waals surface area contributed by atoms with Crippen LogP contribution >= 0.6 is 0 Å². The van der Waals surface area contributed by atoms with E-state index in [1.54, 1.807) is 30.5 Å². The van der Waals surface area contributed by atoms with Crippen LogP contribution < -0.4 is 5.32 Å². The van der Waals surface area contributed by atoms with Crippen LogP contribution in [0, 0.1) is 0 Å². The Kier molecular flexibility index (Phi) is 2.91. The summed E-state index contributed by atoms with van der Waals surface area (Å²) in [7, 11) is 0. The van der Waals surface area contributed by atoms with Gasteiger partial charge >= 0.3 is 0 Å². The molecule has 4 heteroatoms. The van der Waals surface area contributed by atoms with Crippen LogP contribution in [0.4, 0.5) is 5.82 Å². The molecule has 1 aromatic heterocycles. The molecule has 0 radical (unpaired) electrons. The van der Waals surface area contributed by atoms with Gasteiger partial charge in [-0.15, -0.1) is 0 Å². The molecule has 1 heterocycles. The highest BCUT2D eigenvalue weighted by Gasteiger charge is 2.02. The van der Waals surface area contributed by atoms with Gasteiger partial charge in [0.05, 0.1) is 0 Å². The molecule has 3 N–H and O–H groups in total. The number of phenolic OH excluding ortho intramolecular Hbond substituents is 1. The molecule has 0 spiro atoms. The number of nitrogens with zero attached hydrogens (tertiary/aromatic N) is 1. The third kappa shape index (κ3) is 2.23. The molecule has 82 valence electrons. The lowest BCUT2D eigenvalue weighted by Crippen LogP contribution is -2.01. The Labute approximate surface area is 93.2 Å². The molecule has 0 aliphatic heterocycles. The maximum absolute atomic E-state index is 9.53. The fourth-order valence-electron chi connectivity index (χ4n) is 1.37. The summed E-state index contributed by atoms with van der Waals surface area (Å²) in [5, 5.41) is 22.0. The van der Waals surface area contributed by atoms with Crippen LogP contribution in [-0.2, 0) is 6.54 Å². The van der Waals surface area contributed by atoms with Gasteiger partial charge < -0.3 is 15.5 Å². The second-order valence-electron chi connectivity index (χ2n) is 3.35. The molecule has 1 aromatic carbocycles. The molecule has 0 bridgehead atoms. The van der Waals surface area contributed by atoms with Crippen molar-refractivity contribution in [1.29, 1.82) is 0 Å². The van der Waals surface area contributed by atoms with E-state index in [1.807, 2.05) is 12.1 Å². The largest absolute Gasteiger partial charge is 0.508 e. The van der Waals surface area contributed by atoms with Crippen LogP contribution in [-0.4, -0.2) is 15.2 Å². The van der Waals surface area contributed by atoms with Gasteiger partial charge in [0.25, 0.3) is 0 Å². The van der Waals surface area contributed by atoms with Gasteiger partial charge in [-0.1, -0.05) is 18.2 Å². The summed E-state index contributed by atoms with van der Waals surface area (Å²) in [5.41, 5.74) is 0.757. The quantitative estimate of drug-likeness (QED) is 0.735. The first-order valence-corrected chi connectivity index (χ1v) is 4.92. The number of hydrogen-bond donors (Lipinski definition) is 3. The van der Waals surface area contributed by atoms with Crippen LogP contribution in [0.25, 0.3) is 0 Å². The third-order valence-electron chi connectivity index (χ3n) is 2.22. The fraction of sp³-hybridized carbons (Fsp3) is 0.0833. The minimum absolute atomic E-state index is 0.0953. The first kappa shape index (κ1) is 10.3. The third-order valence-corrected chi connectivity index (χ3v) is 2.22. The van der Waals surface area contributed by atoms with Crippen molar-refractivity contribution in [3.05, 3.63) is 48.2 Å². The number of hydrogen-bond acceptors (Lipinski definition) is 4. The van der Waals surface area contributed by atoms with Gasteiger partial charge in [0.1, 0.15) is 5.75 Å². The number of anilines is 1. The zero-order valence-corrected chi connectivity index (χ0v) is 8.59. The van der Waals surface area contributed by atoms with Crippen molar-refractivity contribution in [2.24, 2.45) is 0 Å². The summed E-state index contributed by atoms with van der Waals surface area (Å²) in [4.78, 5) is 3.98. The molecule has 0 amide bonds. The lowest BCUT2D eigenvalue weighted by molar-refractivity contribution is 0.467. The average Bonchev–Trinajstić information content (AvgIpc) is 2.30. The van der Waals surface area contributed by atoms with Crippen LogP contribution in [0.5, 0.6) is 11.5 Å². The highest BCUT2D eigenvalue weighted by molar-refractivity contribution is 5.49. The Hall–Kier alpha value is -2.23. The standard InChI is InChI=1S/C12H12N2O2/c15-10-5-2-1-4-9(10)8-14-12-11(16)6-3-7-13-12/h1-7,15-16H,8H2,(H,13,14). The van der Waals surface area contributed by atoms with E-state index in [0.717, 1.165) is 5.56 Å². The topological polar surface area (TPSA) is 65.4 Å². The summed E-state index contributed by atoms with van der Waals surface area (Å²) in [5.74, 6) is 0.731. The Morgan fingerprint density at radius 3 is 2.50 bits per heavy atom. The van der Waals surface area contributed by atoms with Gasteiger partial charge in [0.2, 0.25) is 0 Å². The number of pyridine rings is 1. The number of benzene rings is 1. The SMILES string of the molecule is Oc1ccccc1CNc1ncccc1O. The number of aromatic nitrogens is 1. The molecule has 0 aliphatic carbocycles. The zero-order valence-electron chi connectivity index (χ0n) is 8.59. The maximum atomic E-state index is 9.53. The Balaban J connectivity index is 2.09. The molecule has 0 unspecified atom stereocenters. The van der Waals surface area contributed by atoms with Gasteiger partial charge in [-0.05, 0) is 18.2 Å². The summed E-state index contributed by atoms with van der Waals surface area (Å²) in [6.07, 6.45) is 1.59. The predicted octanol–water partition coefficient (Wildman–Crippen LogP) is 2.10. The Morgan fingerprint density at radius 2 is 1.75 bits per heavy atom. The lowest BCUT2D eigenvalue weighted by Gasteiger charge is -2.08. The first-order valence-electron chi connectivity index (χ1n) is 4.92. The fourth-order valence-corrected chi connectivity index (χ4v) is 1.37. The molecule has 16 heavy (non-hydrogen) atoms. The van der Waals surface area contributed by atoms with E-state index >= 15 is 0 Å².